The van der Waals surface area contributed by atoms with Crippen LogP contribution >= 0.6 is 10.0 Å². The summed E-state index contributed by atoms with van der Waals surface area (Å²) >= 11 is 0. The largest absolute Gasteiger partial charge is 0.360 e. The molecule has 0 unspecified atom stereocenters. The Labute approximate surface area is 183 Å². The van der Waals surface area contributed by atoms with Gasteiger partial charge in [-0.2, -0.15) is 15.6 Å². The van der Waals surface area contributed by atoms with Crippen molar-refractivity contribution < 1.29 is 4.74 Å². The zero-order valence-corrected chi connectivity index (χ0v) is 18.9. The number of nitriles is 2. The number of rotatable bonds is 8. The van der Waals surface area contributed by atoms with Crippen molar-refractivity contribution in [3.63, 3.8) is 0 Å². The van der Waals surface area contributed by atoms with Gasteiger partial charge < -0.3 is 14.6 Å². The Hall–Kier alpha value is -2.85. The first-order valence-electron chi connectivity index (χ1n) is 10.1. The van der Waals surface area contributed by atoms with Gasteiger partial charge in [-0.3, -0.25) is 4.68 Å². The second-order valence-electron chi connectivity index (χ2n) is 8.85. The molecule has 1 aliphatic rings. The minimum absolute atomic E-state index is 0.319. The number of aromatic nitrogens is 4. The molecule has 1 aliphatic heterocycles. The van der Waals surface area contributed by atoms with Crippen molar-refractivity contribution >= 4 is 21.1 Å². The van der Waals surface area contributed by atoms with Gasteiger partial charge in [0, 0.05) is 53.9 Å². The van der Waals surface area contributed by atoms with Crippen LogP contribution in [0.2, 0.25) is 0 Å². The first kappa shape index (κ1) is 21.4. The third kappa shape index (κ3) is 4.17. The lowest BCUT2D eigenvalue weighted by Crippen LogP contribution is -2.60. The maximum atomic E-state index is 9.70. The van der Waals surface area contributed by atoms with E-state index in [4.69, 9.17) is 4.74 Å². The van der Waals surface area contributed by atoms with Gasteiger partial charge in [-0.25, -0.2) is 15.0 Å². The molecule has 162 valence electrons. The van der Waals surface area contributed by atoms with Gasteiger partial charge >= 0.3 is 0 Å². The topological polar surface area (TPSA) is 104 Å². The number of fused-ring (bicyclic) bond motifs is 1. The summed E-state index contributed by atoms with van der Waals surface area (Å²) in [7, 11) is -0.591. The molecule has 4 heterocycles. The predicted octanol–water partition coefficient (Wildman–Crippen LogP) is 2.65. The van der Waals surface area contributed by atoms with Crippen molar-refractivity contribution in [2.45, 2.75) is 18.7 Å². The molecule has 0 amide bonds. The van der Waals surface area contributed by atoms with E-state index >= 15 is 0 Å². The fourth-order valence-corrected chi connectivity index (χ4v) is 4.37. The average Bonchev–Trinajstić information content (AvgIpc) is 3.34. The van der Waals surface area contributed by atoms with E-state index < -0.39 is 10.0 Å². The normalized spacial score (nSPS) is 15.9. The zero-order valence-electron chi connectivity index (χ0n) is 18.1. The number of hydrogen-bond donors (Lipinski definition) is 1. The zero-order chi connectivity index (χ0) is 22.1. The van der Waals surface area contributed by atoms with Gasteiger partial charge in [0.1, 0.15) is 24.0 Å². The Balaban J connectivity index is 1.65. The van der Waals surface area contributed by atoms with E-state index in [1.54, 1.807) is 12.4 Å². The molecule has 1 N–H and O–H groups in total. The molecule has 1 saturated heterocycles. The Morgan fingerprint density at radius 2 is 2.06 bits per heavy atom. The lowest BCUT2D eigenvalue weighted by atomic mass is 9.89. The molecule has 3 aromatic heterocycles. The van der Waals surface area contributed by atoms with Crippen LogP contribution in [0.5, 0.6) is 0 Å². The second-order valence-corrected chi connectivity index (χ2v) is 13.4. The van der Waals surface area contributed by atoms with Crippen molar-refractivity contribution in [3.8, 4) is 23.3 Å². The van der Waals surface area contributed by atoms with Crippen LogP contribution in [0.25, 0.3) is 22.2 Å². The van der Waals surface area contributed by atoms with Gasteiger partial charge in [0.2, 0.25) is 0 Å². The molecule has 8 nitrogen and oxygen atoms in total. The molecule has 4 rings (SSSR count). The van der Waals surface area contributed by atoms with Gasteiger partial charge in [-0.05, 0) is 24.8 Å². The lowest BCUT2D eigenvalue weighted by Gasteiger charge is -2.41. The molecule has 0 spiro atoms. The molecule has 0 aromatic carbocycles. The van der Waals surface area contributed by atoms with Crippen molar-refractivity contribution in [2.24, 2.45) is 0 Å². The molecule has 31 heavy (non-hydrogen) atoms. The fourth-order valence-electron chi connectivity index (χ4n) is 3.75. The van der Waals surface area contributed by atoms with Gasteiger partial charge in [-0.1, -0.05) is 0 Å². The summed E-state index contributed by atoms with van der Waals surface area (Å²) in [5.41, 5.74) is 2.63. The molecule has 0 atom stereocenters. The number of nitrogens with zero attached hydrogens (tertiary/aromatic N) is 6. The van der Waals surface area contributed by atoms with Crippen LogP contribution in [0.4, 0.5) is 0 Å². The number of ether oxygens (including phenoxy) is 1. The maximum absolute atomic E-state index is 9.70. The quantitative estimate of drug-likeness (QED) is 0.543. The highest BCUT2D eigenvalue weighted by molar-refractivity contribution is 8.32. The summed E-state index contributed by atoms with van der Waals surface area (Å²) in [4.78, 5) is 4.52. The summed E-state index contributed by atoms with van der Waals surface area (Å²) < 4.78 is 9.72. The Kier molecular flexibility index (Phi) is 5.76. The molecular weight excluding hydrogens is 410 g/mol. The fraction of sp³-hybridized carbons (Fsp3) is 0.455. The Morgan fingerprint density at radius 3 is 2.71 bits per heavy atom. The average molecular weight is 438 g/mol. The summed E-state index contributed by atoms with van der Waals surface area (Å²) in [5, 5.41) is 27.6. The molecular formula is C22H27N7OS. The van der Waals surface area contributed by atoms with E-state index in [-0.39, 0.29) is 5.54 Å². The van der Waals surface area contributed by atoms with Crippen LogP contribution in [0.3, 0.4) is 0 Å². The second kappa shape index (κ2) is 8.35. The molecule has 9 heteroatoms. The van der Waals surface area contributed by atoms with Gasteiger partial charge in [0.25, 0.3) is 0 Å². The molecule has 3 aromatic rings. The third-order valence-corrected chi connectivity index (χ3v) is 7.04. The lowest BCUT2D eigenvalue weighted by molar-refractivity contribution is 0.0924. The van der Waals surface area contributed by atoms with E-state index in [9.17, 15) is 10.5 Å². The standard InChI is InChI=1S/C22H27N7OS/c1-31(2,3)9-8-30-16-28-7-4-19-20(17(10-24)11-26-21(19)28)18-12-27-29(13-18)22(5-6-23)14-25-15-22/h4,7,11-13,25H,5,8-9,14-16H2,1-3H3. The maximum Gasteiger partial charge on any atom is 0.142 e. The van der Waals surface area contributed by atoms with Crippen LogP contribution < -0.4 is 5.32 Å². The van der Waals surface area contributed by atoms with Crippen LogP contribution in [0.1, 0.15) is 12.0 Å². The van der Waals surface area contributed by atoms with Crippen LogP contribution in [-0.4, -0.2) is 63.5 Å². The monoisotopic (exact) mass is 437 g/mol. The SMILES string of the molecule is CS(C)(C)CCOCn1ccc2c(-c3cnn(C4(CC#N)CNC4)c3)c(C#N)cnc21. The van der Waals surface area contributed by atoms with Crippen molar-refractivity contribution in [3.05, 3.63) is 36.4 Å². The molecule has 0 radical (unpaired) electrons. The van der Waals surface area contributed by atoms with E-state index in [1.165, 1.54) is 0 Å². The summed E-state index contributed by atoms with van der Waals surface area (Å²) in [6.45, 7) is 2.56. The van der Waals surface area contributed by atoms with Gasteiger partial charge in [-0.15, -0.1) is 0 Å². The number of nitrogens with one attached hydrogen (secondary N) is 1. The highest BCUT2D eigenvalue weighted by atomic mass is 32.3. The van der Waals surface area contributed by atoms with E-state index in [2.05, 4.69) is 46.3 Å². The van der Waals surface area contributed by atoms with Gasteiger partial charge in [0.05, 0.1) is 30.9 Å². The van der Waals surface area contributed by atoms with Crippen molar-refractivity contribution in [2.75, 3.05) is 44.2 Å². The first-order chi connectivity index (χ1) is 14.9. The Morgan fingerprint density at radius 1 is 1.26 bits per heavy atom. The van der Waals surface area contributed by atoms with Crippen LogP contribution in [0, 0.1) is 22.7 Å². The van der Waals surface area contributed by atoms with E-state index in [0.29, 0.717) is 38.4 Å². The summed E-state index contributed by atoms with van der Waals surface area (Å²) in [6, 6.07) is 6.51. The van der Waals surface area contributed by atoms with E-state index in [0.717, 1.165) is 27.9 Å². The van der Waals surface area contributed by atoms with Crippen LogP contribution in [-0.2, 0) is 17.0 Å². The van der Waals surface area contributed by atoms with E-state index in [1.807, 2.05) is 27.7 Å². The summed E-state index contributed by atoms with van der Waals surface area (Å²) in [5.74, 6) is 1.06. The van der Waals surface area contributed by atoms with Crippen molar-refractivity contribution in [1.82, 2.24) is 24.6 Å². The van der Waals surface area contributed by atoms with Crippen molar-refractivity contribution in [1.29, 1.82) is 10.5 Å². The Bertz CT molecular complexity index is 1170. The molecule has 0 aliphatic carbocycles. The molecule has 1 fully saturated rings. The number of pyridine rings is 1. The summed E-state index contributed by atoms with van der Waals surface area (Å²) in [6.07, 6.45) is 14.5. The predicted molar refractivity (Wildman–Crippen MR) is 123 cm³/mol. The van der Waals surface area contributed by atoms with Crippen LogP contribution in [0.15, 0.2) is 30.9 Å². The van der Waals surface area contributed by atoms with Gasteiger partial charge in [0.15, 0.2) is 0 Å². The smallest absolute Gasteiger partial charge is 0.142 e. The molecule has 0 bridgehead atoms. The first-order valence-corrected chi connectivity index (χ1v) is 13.1. The third-order valence-electron chi connectivity index (χ3n) is 5.65. The minimum atomic E-state index is -0.591. The number of hydrogen-bond acceptors (Lipinski definition) is 6. The highest BCUT2D eigenvalue weighted by Crippen LogP contribution is 2.35. The minimum Gasteiger partial charge on any atom is -0.360 e. The highest BCUT2D eigenvalue weighted by Gasteiger charge is 2.39. The molecule has 0 saturated carbocycles.